The number of piperazine rings is 1. The minimum Gasteiger partial charge on any atom is -0.464 e. The van der Waals surface area contributed by atoms with Gasteiger partial charge >= 0.3 is 5.97 Å². The van der Waals surface area contributed by atoms with Gasteiger partial charge in [-0.05, 0) is 6.07 Å². The van der Waals surface area contributed by atoms with Crippen molar-refractivity contribution in [1.29, 1.82) is 0 Å². The van der Waals surface area contributed by atoms with Gasteiger partial charge in [-0.3, -0.25) is 4.31 Å². The quantitative estimate of drug-likeness (QED) is 0.767. The van der Waals surface area contributed by atoms with Crippen LogP contribution in [0.15, 0.2) is 16.7 Å². The van der Waals surface area contributed by atoms with E-state index < -0.39 is 16.0 Å². The number of hydrogen-bond acceptors (Lipinski definition) is 7. The van der Waals surface area contributed by atoms with Gasteiger partial charge in [0.05, 0.1) is 22.0 Å². The molecule has 0 amide bonds. The molecule has 0 radical (unpaired) electrons. The average Bonchev–Trinajstić information content (AvgIpc) is 2.93. The summed E-state index contributed by atoms with van der Waals surface area (Å²) in [5, 5.41) is 3.23. The zero-order chi connectivity index (χ0) is 16.8. The summed E-state index contributed by atoms with van der Waals surface area (Å²) < 4.78 is 31.5. The molecule has 7 nitrogen and oxygen atoms in total. The van der Waals surface area contributed by atoms with Crippen LogP contribution in [0.2, 0.25) is 4.34 Å². The van der Waals surface area contributed by atoms with E-state index >= 15 is 0 Å². The molecular formula is C13H16ClN3O4S2. The van der Waals surface area contributed by atoms with Gasteiger partial charge in [-0.25, -0.2) is 13.2 Å². The van der Waals surface area contributed by atoms with Crippen molar-refractivity contribution in [2.75, 3.05) is 40.3 Å². The van der Waals surface area contributed by atoms with Crippen molar-refractivity contribution in [3.63, 3.8) is 0 Å². The van der Waals surface area contributed by atoms with Gasteiger partial charge < -0.3 is 15.0 Å². The van der Waals surface area contributed by atoms with Crippen molar-refractivity contribution in [3.8, 4) is 0 Å². The first-order valence-corrected chi connectivity index (χ1v) is 9.58. The summed E-state index contributed by atoms with van der Waals surface area (Å²) >= 11 is 7.22. The van der Waals surface area contributed by atoms with E-state index in [2.05, 4.69) is 5.32 Å². The lowest BCUT2D eigenvalue weighted by Crippen LogP contribution is -2.46. The van der Waals surface area contributed by atoms with Crippen LogP contribution in [0.3, 0.4) is 0 Å². The summed E-state index contributed by atoms with van der Waals surface area (Å²) in [6, 6.07) is 1.43. The Morgan fingerprint density at radius 2 is 2.04 bits per heavy atom. The summed E-state index contributed by atoms with van der Waals surface area (Å²) in [5.41, 5.74) is 0.600. The molecule has 0 atom stereocenters. The highest BCUT2D eigenvalue weighted by Crippen LogP contribution is 2.44. The van der Waals surface area contributed by atoms with Crippen molar-refractivity contribution < 1.29 is 17.9 Å². The lowest BCUT2D eigenvalue weighted by Gasteiger charge is -2.37. The summed E-state index contributed by atoms with van der Waals surface area (Å²) in [7, 11) is -1.22. The Hall–Kier alpha value is -1.29. The topological polar surface area (TPSA) is 79.0 Å². The number of nitrogens with zero attached hydrogens (tertiary/aromatic N) is 2. The molecule has 0 saturated carbocycles. The van der Waals surface area contributed by atoms with E-state index in [9.17, 15) is 13.2 Å². The number of nitrogens with one attached hydrogen (secondary N) is 1. The third-order valence-corrected chi connectivity index (χ3v) is 7.05. The maximum Gasteiger partial charge on any atom is 0.357 e. The van der Waals surface area contributed by atoms with Crippen molar-refractivity contribution in [2.45, 2.75) is 4.90 Å². The Bertz CT molecular complexity index is 781. The summed E-state index contributed by atoms with van der Waals surface area (Å²) in [6.45, 7) is 2.84. The predicted octanol–water partition coefficient (Wildman–Crippen LogP) is 0.782. The van der Waals surface area contributed by atoms with Gasteiger partial charge in [0.25, 0.3) is 10.0 Å². The molecule has 0 aliphatic carbocycles. The number of likely N-dealkylation sites (N-methyl/N-ethyl adjacent to an activating group) is 1. The van der Waals surface area contributed by atoms with E-state index in [0.29, 0.717) is 28.0 Å². The number of fused-ring (bicyclic) bond motifs is 1. The number of sulfonamides is 1. The van der Waals surface area contributed by atoms with E-state index in [-0.39, 0.29) is 10.6 Å². The maximum atomic E-state index is 12.7. The lowest BCUT2D eigenvalue weighted by atomic mass is 10.2. The number of rotatable bonds is 2. The Morgan fingerprint density at radius 3 is 2.65 bits per heavy atom. The zero-order valence-corrected chi connectivity index (χ0v) is 15.0. The first-order valence-electron chi connectivity index (χ1n) is 6.95. The molecule has 1 aromatic rings. The molecule has 1 fully saturated rings. The largest absolute Gasteiger partial charge is 0.464 e. The number of hydrogen-bond donors (Lipinski definition) is 1. The van der Waals surface area contributed by atoms with Gasteiger partial charge in [0.15, 0.2) is 5.70 Å². The van der Waals surface area contributed by atoms with E-state index in [4.69, 9.17) is 16.3 Å². The number of carbonyl (C=O) groups is 1. The van der Waals surface area contributed by atoms with Crippen molar-refractivity contribution >= 4 is 44.6 Å². The molecule has 0 unspecified atom stereocenters. The smallest absolute Gasteiger partial charge is 0.357 e. The minimum absolute atomic E-state index is 0.0282. The lowest BCUT2D eigenvalue weighted by molar-refractivity contribution is -0.137. The predicted molar refractivity (Wildman–Crippen MR) is 87.7 cm³/mol. The Morgan fingerprint density at radius 1 is 1.39 bits per heavy atom. The van der Waals surface area contributed by atoms with E-state index in [1.807, 2.05) is 4.90 Å². The normalized spacial score (nSPS) is 20.5. The van der Waals surface area contributed by atoms with Crippen LogP contribution in [0, 0.1) is 0 Å². The number of halogens is 1. The Labute approximate surface area is 143 Å². The summed E-state index contributed by atoms with van der Waals surface area (Å²) in [4.78, 5) is 14.9. The van der Waals surface area contributed by atoms with Gasteiger partial charge in [0, 0.05) is 33.2 Å². The first-order chi connectivity index (χ1) is 10.9. The van der Waals surface area contributed by atoms with Gasteiger partial charge in [-0.15, -0.1) is 11.3 Å². The molecule has 2 aliphatic rings. The molecule has 1 aromatic heterocycles. The fraction of sp³-hybridized carbons (Fsp3) is 0.462. The van der Waals surface area contributed by atoms with Crippen LogP contribution >= 0.6 is 22.9 Å². The summed E-state index contributed by atoms with van der Waals surface area (Å²) in [6.07, 6.45) is 0. The van der Waals surface area contributed by atoms with Crippen LogP contribution in [0.4, 0.5) is 0 Å². The number of carbonyl (C=O) groups excluding carboxylic acids is 1. The molecule has 1 N–H and O–H groups in total. The second-order valence-corrected chi connectivity index (χ2v) is 8.76. The van der Waals surface area contributed by atoms with Crippen LogP contribution in [-0.2, 0) is 19.6 Å². The van der Waals surface area contributed by atoms with Crippen molar-refractivity contribution in [3.05, 3.63) is 21.0 Å². The fourth-order valence-electron chi connectivity index (χ4n) is 2.73. The monoisotopic (exact) mass is 377 g/mol. The zero-order valence-electron chi connectivity index (χ0n) is 12.6. The molecule has 2 aliphatic heterocycles. The summed E-state index contributed by atoms with van der Waals surface area (Å²) in [5.74, 6) is -0.681. The highest BCUT2D eigenvalue weighted by molar-refractivity contribution is 7.89. The number of thiophene rings is 1. The van der Waals surface area contributed by atoms with Gasteiger partial charge in [-0.1, -0.05) is 11.6 Å². The van der Waals surface area contributed by atoms with Crippen molar-refractivity contribution in [2.24, 2.45) is 0 Å². The molecule has 10 heteroatoms. The molecule has 23 heavy (non-hydrogen) atoms. The molecule has 0 spiro atoms. The van der Waals surface area contributed by atoms with Crippen molar-refractivity contribution in [1.82, 2.24) is 14.5 Å². The Balaban J connectivity index is 2.28. The fourth-order valence-corrected chi connectivity index (χ4v) is 5.80. The van der Waals surface area contributed by atoms with Crippen LogP contribution in [0.5, 0.6) is 0 Å². The second-order valence-electron chi connectivity index (χ2n) is 5.14. The third kappa shape index (κ3) is 2.61. The molecule has 3 heterocycles. The van der Waals surface area contributed by atoms with E-state index in [1.165, 1.54) is 20.2 Å². The average molecular weight is 378 g/mol. The minimum atomic E-state index is -3.82. The number of methoxy groups -OCH3 is 1. The van der Waals surface area contributed by atoms with Gasteiger partial charge in [0.2, 0.25) is 0 Å². The molecular weight excluding hydrogens is 362 g/mol. The van der Waals surface area contributed by atoms with Gasteiger partial charge in [0.1, 0.15) is 4.90 Å². The first kappa shape index (κ1) is 16.6. The number of esters is 1. The van der Waals surface area contributed by atoms with Crippen LogP contribution in [0.25, 0.3) is 5.70 Å². The molecule has 126 valence electrons. The van der Waals surface area contributed by atoms with Crippen LogP contribution in [0.1, 0.15) is 4.88 Å². The molecule has 0 aromatic carbocycles. The maximum absolute atomic E-state index is 12.7. The molecule has 3 rings (SSSR count). The standard InChI is InChI=1S/C13H16ClN3O4S2/c1-16-11(13(18)21-2)10(17-5-3-15-4-6-17)12-8(23(16,19)20)7-9(14)22-12/h7,15H,3-6H2,1-2H3. The highest BCUT2D eigenvalue weighted by Gasteiger charge is 2.41. The second kappa shape index (κ2) is 5.97. The van der Waals surface area contributed by atoms with Crippen LogP contribution in [-0.4, -0.2) is 63.9 Å². The third-order valence-electron chi connectivity index (χ3n) is 3.87. The van der Waals surface area contributed by atoms with Crippen LogP contribution < -0.4 is 5.32 Å². The number of ether oxygens (including phenoxy) is 1. The van der Waals surface area contributed by atoms with E-state index in [0.717, 1.165) is 28.7 Å². The highest BCUT2D eigenvalue weighted by atomic mass is 35.5. The molecule has 0 bridgehead atoms. The van der Waals surface area contributed by atoms with Gasteiger partial charge in [-0.2, -0.15) is 0 Å². The molecule has 1 saturated heterocycles. The van der Waals surface area contributed by atoms with E-state index in [1.54, 1.807) is 0 Å². The SMILES string of the molecule is COC(=O)C1=C(N2CCNCC2)c2sc(Cl)cc2S(=O)(=O)N1C. The Kier molecular flexibility index (Phi) is 4.30.